The molecule has 16 nitrogen and oxygen atoms in total. The van der Waals surface area contributed by atoms with Gasteiger partial charge in [0.2, 0.25) is 0 Å². The number of unbranched alkanes of at least 4 members (excludes halogenated alkanes) is 1. The number of hydrogen-bond donors (Lipinski definition) is 2. The lowest BCUT2D eigenvalue weighted by atomic mass is 9.72. The fourth-order valence-corrected chi connectivity index (χ4v) is 9.50. The van der Waals surface area contributed by atoms with Crippen LogP contribution in [0.3, 0.4) is 0 Å². The van der Waals surface area contributed by atoms with Crippen LogP contribution < -0.4 is 0 Å². The number of cyclic esters (lactones) is 1. The Morgan fingerprint density at radius 1 is 1.05 bits per heavy atom. The molecule has 0 aromatic carbocycles. The molecule has 5 heterocycles. The molecule has 3 fully saturated rings. The maximum Gasteiger partial charge on any atom is 0.410 e. The first-order valence-corrected chi connectivity index (χ1v) is 20.8. The molecule has 16 heteroatoms. The van der Waals surface area contributed by atoms with Gasteiger partial charge in [-0.1, -0.05) is 20.8 Å². The summed E-state index contributed by atoms with van der Waals surface area (Å²) in [6.07, 6.45) is 3.00. The van der Waals surface area contributed by atoms with Gasteiger partial charge in [-0.25, -0.2) is 9.78 Å². The third-order valence-corrected chi connectivity index (χ3v) is 12.8. The minimum atomic E-state index is -2.42. The second kappa shape index (κ2) is 18.4. The second-order valence-corrected chi connectivity index (χ2v) is 17.6. The Morgan fingerprint density at radius 3 is 2.37 bits per heavy atom. The highest BCUT2D eigenvalue weighted by molar-refractivity contribution is 6.03. The van der Waals surface area contributed by atoms with E-state index in [4.69, 9.17) is 23.7 Å². The van der Waals surface area contributed by atoms with Gasteiger partial charge in [-0.15, -0.1) is 0 Å². The molecule has 3 aliphatic rings. The molecule has 0 spiro atoms. The number of amides is 1. The molecule has 3 saturated heterocycles. The highest BCUT2D eigenvalue weighted by atomic mass is 16.7. The maximum atomic E-state index is 14.7. The monoisotopic (exact) mass is 827 g/mol. The number of likely N-dealkylation sites (N-methyl/N-ethyl adjacent to an activating group) is 1. The number of hydrogen-bond acceptors (Lipinski definition) is 14. The first kappa shape index (κ1) is 46.3. The average Bonchev–Trinajstić information content (AvgIpc) is 3.78. The number of carbonyl (C=O) groups is 4. The average molecular weight is 828 g/mol. The van der Waals surface area contributed by atoms with Crippen molar-refractivity contribution >= 4 is 23.6 Å². The van der Waals surface area contributed by atoms with Crippen LogP contribution in [0.5, 0.6) is 0 Å². The smallest absolute Gasteiger partial charge is 0.410 e. The van der Waals surface area contributed by atoms with Crippen LogP contribution in [0.4, 0.5) is 4.79 Å². The molecule has 2 N–H and O–H groups in total. The molecule has 5 rings (SSSR count). The van der Waals surface area contributed by atoms with E-state index in [9.17, 15) is 29.4 Å². The maximum absolute atomic E-state index is 14.7. The molecule has 13 atom stereocenters. The van der Waals surface area contributed by atoms with E-state index in [0.717, 1.165) is 11.3 Å². The topological polar surface area (TPSA) is 192 Å². The van der Waals surface area contributed by atoms with E-state index in [1.807, 2.05) is 48.8 Å². The number of pyridine rings is 1. The van der Waals surface area contributed by atoms with Gasteiger partial charge < -0.3 is 48.3 Å². The molecule has 3 aliphatic heterocycles. The molecule has 328 valence electrons. The number of esters is 1. The second-order valence-electron chi connectivity index (χ2n) is 17.6. The van der Waals surface area contributed by atoms with Gasteiger partial charge in [0.05, 0.1) is 29.8 Å². The summed E-state index contributed by atoms with van der Waals surface area (Å²) in [5.74, 6) is -5.19. The number of aromatic nitrogens is 3. The molecule has 0 aliphatic carbocycles. The van der Waals surface area contributed by atoms with Crippen LogP contribution in [0.25, 0.3) is 11.3 Å². The number of ether oxygens (including phenoxy) is 5. The number of ketones is 2. The first-order chi connectivity index (χ1) is 27.7. The van der Waals surface area contributed by atoms with Crippen LogP contribution in [-0.2, 0) is 44.6 Å². The summed E-state index contributed by atoms with van der Waals surface area (Å²) in [5, 5.41) is 23.7. The fraction of sp³-hybridized carbons (Fsp3) is 0.721. The number of rotatable bonds is 11. The summed E-state index contributed by atoms with van der Waals surface area (Å²) in [5.41, 5.74) is -3.74. The number of nitrogens with zero attached hydrogens (tertiary/aromatic N) is 5. The molecular weight excluding hydrogens is 762 g/mol. The van der Waals surface area contributed by atoms with E-state index in [1.165, 1.54) is 21.0 Å². The number of Topliss-reactive ketones (excluding diaryl/α,β-unsaturated/α-hetero) is 2. The molecule has 0 radical (unpaired) electrons. The zero-order chi connectivity index (χ0) is 43.6. The summed E-state index contributed by atoms with van der Waals surface area (Å²) < 4.78 is 32.8. The largest absolute Gasteiger partial charge is 0.458 e. The lowest BCUT2D eigenvalue weighted by Gasteiger charge is -2.49. The summed E-state index contributed by atoms with van der Waals surface area (Å²) in [7, 11) is 5.04. The van der Waals surface area contributed by atoms with Crippen molar-refractivity contribution in [1.29, 1.82) is 0 Å². The van der Waals surface area contributed by atoms with E-state index >= 15 is 0 Å². The third kappa shape index (κ3) is 9.42. The van der Waals surface area contributed by atoms with Gasteiger partial charge in [0, 0.05) is 62.2 Å². The Kier molecular flexibility index (Phi) is 14.5. The Hall–Kier alpha value is -3.80. The van der Waals surface area contributed by atoms with Gasteiger partial charge in [0.1, 0.15) is 35.6 Å². The quantitative estimate of drug-likeness (QED) is 0.187. The van der Waals surface area contributed by atoms with Crippen molar-refractivity contribution in [2.45, 2.75) is 154 Å². The van der Waals surface area contributed by atoms with E-state index in [1.54, 1.807) is 58.2 Å². The van der Waals surface area contributed by atoms with E-state index < -0.39 is 83.0 Å². The van der Waals surface area contributed by atoms with Crippen molar-refractivity contribution in [3.8, 4) is 11.3 Å². The minimum absolute atomic E-state index is 0.0452. The molecule has 2 aromatic heterocycles. The van der Waals surface area contributed by atoms with Gasteiger partial charge >= 0.3 is 12.1 Å². The number of imidazole rings is 1. The molecule has 0 bridgehead atoms. The Morgan fingerprint density at radius 2 is 1.75 bits per heavy atom. The number of aliphatic hydroxyl groups is 2. The van der Waals surface area contributed by atoms with Crippen LogP contribution in [0, 0.1) is 17.8 Å². The molecule has 1 unspecified atom stereocenters. The predicted molar refractivity (Wildman–Crippen MR) is 216 cm³/mol. The van der Waals surface area contributed by atoms with Crippen LogP contribution in [0.2, 0.25) is 0 Å². The van der Waals surface area contributed by atoms with Crippen LogP contribution >= 0.6 is 0 Å². The fourth-order valence-electron chi connectivity index (χ4n) is 9.50. The molecule has 2 aromatic rings. The standard InChI is InChI=1S/C43H65N5O11/c1-12-32-43(8)35(48(40(53)59-43)19-14-13-18-47-23-30(45-24-47)29-16-15-17-44-22-29)27(4)33(49)25(2)21-41(6,55-11)39(42(7,54)36(51)28(5)37(52)57-32)58-38-34(50)31(46(9)10)20-26(3)56-38/h15-17,22-28,31-32,34-35,38-39,50,54H,12-14,18-21H2,1-11H3/t25-,26-,27+,28-,31+,32-,34-,35-,38+,39+,41-,42?,43-/m1/s1. The van der Waals surface area contributed by atoms with Crippen LogP contribution in [0.15, 0.2) is 37.1 Å². The van der Waals surface area contributed by atoms with Crippen LogP contribution in [0.1, 0.15) is 87.5 Å². The van der Waals surface area contributed by atoms with Crippen molar-refractivity contribution in [3.63, 3.8) is 0 Å². The van der Waals surface area contributed by atoms with Crippen molar-refractivity contribution in [1.82, 2.24) is 24.3 Å². The number of fused-ring (bicyclic) bond motifs is 1. The van der Waals surface area contributed by atoms with Crippen molar-refractivity contribution in [2.24, 2.45) is 17.8 Å². The predicted octanol–water partition coefficient (Wildman–Crippen LogP) is 4.04. The number of carbonyl (C=O) groups excluding carboxylic acids is 4. The first-order valence-electron chi connectivity index (χ1n) is 20.8. The summed E-state index contributed by atoms with van der Waals surface area (Å²) in [6.45, 7) is 13.9. The highest BCUT2D eigenvalue weighted by Gasteiger charge is 2.61. The number of methoxy groups -OCH3 is 1. The third-order valence-electron chi connectivity index (χ3n) is 12.8. The minimum Gasteiger partial charge on any atom is -0.458 e. The van der Waals surface area contributed by atoms with Crippen molar-refractivity contribution < 1.29 is 53.1 Å². The number of aryl methyl sites for hydroxylation is 1. The lowest BCUT2D eigenvalue weighted by molar-refractivity contribution is -0.310. The molecule has 0 saturated carbocycles. The van der Waals surface area contributed by atoms with Gasteiger partial charge in [-0.05, 0) is 93.0 Å². The Bertz CT molecular complexity index is 1790. The van der Waals surface area contributed by atoms with E-state index in [0.29, 0.717) is 25.8 Å². The van der Waals surface area contributed by atoms with Gasteiger partial charge in [-0.2, -0.15) is 0 Å². The molecule has 1 amide bonds. The lowest BCUT2D eigenvalue weighted by Crippen LogP contribution is -2.65. The summed E-state index contributed by atoms with van der Waals surface area (Å²) >= 11 is 0. The summed E-state index contributed by atoms with van der Waals surface area (Å²) in [4.78, 5) is 69.0. The number of aliphatic hydroxyl groups excluding tert-OH is 1. The Balaban J connectivity index is 1.46. The van der Waals surface area contributed by atoms with Gasteiger partial charge in [0.15, 0.2) is 17.7 Å². The normalized spacial score (nSPS) is 37.6. The van der Waals surface area contributed by atoms with Gasteiger partial charge in [-0.3, -0.25) is 19.4 Å². The summed E-state index contributed by atoms with van der Waals surface area (Å²) in [6, 6.07) is 2.57. The zero-order valence-corrected chi connectivity index (χ0v) is 36.5. The van der Waals surface area contributed by atoms with Crippen molar-refractivity contribution in [2.75, 3.05) is 27.7 Å². The van der Waals surface area contributed by atoms with Crippen molar-refractivity contribution in [3.05, 3.63) is 37.1 Å². The van der Waals surface area contributed by atoms with Gasteiger partial charge in [0.25, 0.3) is 0 Å². The molecular formula is C43H65N5O11. The Labute approximate surface area is 347 Å². The van der Waals surface area contributed by atoms with Crippen LogP contribution in [-0.4, -0.2) is 146 Å². The van der Waals surface area contributed by atoms with E-state index in [-0.39, 0.29) is 37.3 Å². The van der Waals surface area contributed by atoms with E-state index in [2.05, 4.69) is 9.97 Å². The molecule has 59 heavy (non-hydrogen) atoms. The zero-order valence-electron chi connectivity index (χ0n) is 36.5. The highest BCUT2D eigenvalue weighted by Crippen LogP contribution is 2.43. The SMILES string of the molecule is CC[C@H]1OC(=O)[C@H](C)C(=O)C(C)(O)[C@@H](O[C@@H]2O[C@H](C)C[C@H](N(C)C)[C@H]2O)[C@](C)(OC)C[C@@H](C)C(=O)[C@H](C)[C@H]2N(CCCCn3cnc(-c4cccnc4)c3)C(=O)O[C@]12C.